The molecule has 5 heteroatoms. The van der Waals surface area contributed by atoms with E-state index in [-0.39, 0.29) is 5.91 Å². The van der Waals surface area contributed by atoms with E-state index in [9.17, 15) is 10.1 Å². The summed E-state index contributed by atoms with van der Waals surface area (Å²) in [5, 5.41) is 12.9. The molecule has 1 fully saturated rings. The first-order valence-electron chi connectivity index (χ1n) is 7.18. The molecule has 1 saturated carbocycles. The lowest BCUT2D eigenvalue weighted by Crippen LogP contribution is -2.49. The van der Waals surface area contributed by atoms with Crippen molar-refractivity contribution >= 4 is 33.4 Å². The SMILES string of the molecule is CCC1CCC(C#N)(NC(=O)c2ccc(Br)c(Cl)c2)CC1. The molecule has 2 rings (SSSR count). The standard InChI is InChI=1S/C16H18BrClN2O/c1-2-11-5-7-16(10-19,8-6-11)20-15(21)12-3-4-13(17)14(18)9-12/h3-4,9,11H,2,5-8H2,1H3,(H,20,21). The summed E-state index contributed by atoms with van der Waals surface area (Å²) in [6.07, 6.45) is 4.56. The molecule has 0 unspecified atom stereocenters. The fourth-order valence-corrected chi connectivity index (χ4v) is 3.20. The molecule has 0 heterocycles. The molecule has 1 aliphatic rings. The van der Waals surface area contributed by atoms with E-state index in [1.807, 2.05) is 0 Å². The highest BCUT2D eigenvalue weighted by Crippen LogP contribution is 2.33. The zero-order valence-electron chi connectivity index (χ0n) is 12.0. The van der Waals surface area contributed by atoms with E-state index in [0.717, 1.165) is 36.6 Å². The molecule has 0 spiro atoms. The lowest BCUT2D eigenvalue weighted by atomic mass is 9.76. The summed E-state index contributed by atoms with van der Waals surface area (Å²) in [5.74, 6) is 0.436. The third-order valence-electron chi connectivity index (χ3n) is 4.28. The number of rotatable bonds is 3. The Morgan fingerprint density at radius 3 is 2.71 bits per heavy atom. The van der Waals surface area contributed by atoms with E-state index in [1.165, 1.54) is 0 Å². The van der Waals surface area contributed by atoms with Crippen LogP contribution in [0.15, 0.2) is 22.7 Å². The summed E-state index contributed by atoms with van der Waals surface area (Å²) >= 11 is 9.31. The van der Waals surface area contributed by atoms with Gasteiger partial charge in [-0.15, -0.1) is 0 Å². The zero-order chi connectivity index (χ0) is 15.5. The summed E-state index contributed by atoms with van der Waals surface area (Å²) in [5.41, 5.74) is -0.252. The highest BCUT2D eigenvalue weighted by atomic mass is 79.9. The summed E-state index contributed by atoms with van der Waals surface area (Å²) in [4.78, 5) is 12.4. The predicted octanol–water partition coefficient (Wildman–Crippen LogP) is 4.69. The maximum atomic E-state index is 12.4. The number of hydrogen-bond donors (Lipinski definition) is 1. The van der Waals surface area contributed by atoms with Crippen LogP contribution in [0.4, 0.5) is 0 Å². The summed E-state index contributed by atoms with van der Waals surface area (Å²) < 4.78 is 0.749. The van der Waals surface area contributed by atoms with E-state index in [0.29, 0.717) is 16.5 Å². The van der Waals surface area contributed by atoms with Gasteiger partial charge in [-0.25, -0.2) is 0 Å². The summed E-state index contributed by atoms with van der Waals surface area (Å²) in [6.45, 7) is 2.17. The van der Waals surface area contributed by atoms with Crippen molar-refractivity contribution in [1.82, 2.24) is 5.32 Å². The van der Waals surface area contributed by atoms with E-state index in [2.05, 4.69) is 34.2 Å². The van der Waals surface area contributed by atoms with Gasteiger partial charge in [0.1, 0.15) is 5.54 Å². The Balaban J connectivity index is 2.10. The number of amides is 1. The largest absolute Gasteiger partial charge is 0.334 e. The first-order valence-corrected chi connectivity index (χ1v) is 8.35. The van der Waals surface area contributed by atoms with Crippen molar-refractivity contribution in [3.8, 4) is 6.07 Å². The number of carbonyl (C=O) groups excluding carboxylic acids is 1. The van der Waals surface area contributed by atoms with Crippen molar-refractivity contribution in [2.24, 2.45) is 5.92 Å². The Hall–Kier alpha value is -1.05. The number of nitrogens with zero attached hydrogens (tertiary/aromatic N) is 1. The first-order chi connectivity index (χ1) is 9.99. The quantitative estimate of drug-likeness (QED) is 0.840. The van der Waals surface area contributed by atoms with Gasteiger partial charge in [0.15, 0.2) is 0 Å². The highest BCUT2D eigenvalue weighted by molar-refractivity contribution is 9.10. The van der Waals surface area contributed by atoms with E-state index >= 15 is 0 Å². The van der Waals surface area contributed by atoms with Gasteiger partial charge in [0.2, 0.25) is 0 Å². The van der Waals surface area contributed by atoms with E-state index in [4.69, 9.17) is 11.6 Å². The smallest absolute Gasteiger partial charge is 0.252 e. The van der Waals surface area contributed by atoms with E-state index < -0.39 is 5.54 Å². The predicted molar refractivity (Wildman–Crippen MR) is 87.2 cm³/mol. The lowest BCUT2D eigenvalue weighted by molar-refractivity contribution is 0.0891. The maximum Gasteiger partial charge on any atom is 0.252 e. The van der Waals surface area contributed by atoms with Gasteiger partial charge in [0.05, 0.1) is 11.1 Å². The molecule has 0 aromatic heterocycles. The number of benzene rings is 1. The minimum atomic E-state index is -0.734. The van der Waals surface area contributed by atoms with Gasteiger partial charge in [-0.1, -0.05) is 24.9 Å². The molecule has 0 radical (unpaired) electrons. The second-order valence-electron chi connectivity index (χ2n) is 5.63. The van der Waals surface area contributed by atoms with Crippen LogP contribution >= 0.6 is 27.5 Å². The molecule has 0 saturated heterocycles. The van der Waals surface area contributed by atoms with Crippen LogP contribution in [0.25, 0.3) is 0 Å². The van der Waals surface area contributed by atoms with Crippen LogP contribution in [0.3, 0.4) is 0 Å². The highest BCUT2D eigenvalue weighted by Gasteiger charge is 2.36. The van der Waals surface area contributed by atoms with Crippen LogP contribution in [0.2, 0.25) is 5.02 Å². The minimum absolute atomic E-state index is 0.235. The fraction of sp³-hybridized carbons (Fsp3) is 0.500. The molecule has 21 heavy (non-hydrogen) atoms. The van der Waals surface area contributed by atoms with Crippen molar-refractivity contribution in [3.63, 3.8) is 0 Å². The molecular formula is C16H18BrClN2O. The van der Waals surface area contributed by atoms with Gasteiger partial charge in [-0.3, -0.25) is 4.79 Å². The molecule has 1 aliphatic carbocycles. The van der Waals surface area contributed by atoms with Crippen LogP contribution in [0.1, 0.15) is 49.4 Å². The third-order valence-corrected chi connectivity index (χ3v) is 5.52. The van der Waals surface area contributed by atoms with Crippen LogP contribution in [0, 0.1) is 17.2 Å². The molecule has 3 nitrogen and oxygen atoms in total. The Morgan fingerprint density at radius 1 is 1.52 bits per heavy atom. The van der Waals surface area contributed by atoms with E-state index in [1.54, 1.807) is 18.2 Å². The molecule has 0 bridgehead atoms. The lowest BCUT2D eigenvalue weighted by Gasteiger charge is -2.35. The van der Waals surface area contributed by atoms with Gasteiger partial charge in [-0.2, -0.15) is 5.26 Å². The molecule has 1 aromatic carbocycles. The monoisotopic (exact) mass is 368 g/mol. The normalized spacial score (nSPS) is 25.1. The zero-order valence-corrected chi connectivity index (χ0v) is 14.3. The summed E-state index contributed by atoms with van der Waals surface area (Å²) in [7, 11) is 0. The van der Waals surface area contributed by atoms with Crippen LogP contribution < -0.4 is 5.32 Å². The van der Waals surface area contributed by atoms with Crippen LogP contribution in [-0.4, -0.2) is 11.4 Å². The molecule has 1 amide bonds. The average Bonchev–Trinajstić information content (AvgIpc) is 2.50. The molecule has 0 aliphatic heterocycles. The topological polar surface area (TPSA) is 52.9 Å². The third kappa shape index (κ3) is 3.78. The first kappa shape index (κ1) is 16.3. The number of halogens is 2. The van der Waals surface area contributed by atoms with Gasteiger partial charge < -0.3 is 5.32 Å². The second kappa shape index (κ2) is 6.81. The summed E-state index contributed by atoms with van der Waals surface area (Å²) in [6, 6.07) is 7.37. The van der Waals surface area contributed by atoms with Crippen molar-refractivity contribution < 1.29 is 4.79 Å². The molecule has 0 atom stereocenters. The second-order valence-corrected chi connectivity index (χ2v) is 6.89. The van der Waals surface area contributed by atoms with Crippen LogP contribution in [0.5, 0.6) is 0 Å². The van der Waals surface area contributed by atoms with Gasteiger partial charge in [0, 0.05) is 10.0 Å². The van der Waals surface area contributed by atoms with Gasteiger partial charge in [0.25, 0.3) is 5.91 Å². The number of nitrogens with one attached hydrogen (secondary N) is 1. The Morgan fingerprint density at radius 2 is 2.19 bits per heavy atom. The Kier molecular flexibility index (Phi) is 5.29. The number of hydrogen-bond acceptors (Lipinski definition) is 2. The van der Waals surface area contributed by atoms with Crippen molar-refractivity contribution in [1.29, 1.82) is 5.26 Å². The van der Waals surface area contributed by atoms with Crippen molar-refractivity contribution in [3.05, 3.63) is 33.3 Å². The molecule has 1 aromatic rings. The fourth-order valence-electron chi connectivity index (χ4n) is 2.77. The Labute approximate surface area is 138 Å². The minimum Gasteiger partial charge on any atom is -0.334 e. The van der Waals surface area contributed by atoms with Gasteiger partial charge in [-0.05, 0) is 65.7 Å². The maximum absolute atomic E-state index is 12.4. The molecular weight excluding hydrogens is 352 g/mol. The van der Waals surface area contributed by atoms with Crippen molar-refractivity contribution in [2.45, 2.75) is 44.6 Å². The number of carbonyl (C=O) groups is 1. The molecule has 1 N–H and O–H groups in total. The Bertz CT molecular complexity index is 574. The van der Waals surface area contributed by atoms with Crippen molar-refractivity contribution in [2.75, 3.05) is 0 Å². The van der Waals surface area contributed by atoms with Crippen LogP contribution in [-0.2, 0) is 0 Å². The van der Waals surface area contributed by atoms with Gasteiger partial charge >= 0.3 is 0 Å². The molecule has 112 valence electrons. The average molecular weight is 370 g/mol. The number of nitriles is 1.